The Labute approximate surface area is 131 Å². The molecule has 1 saturated heterocycles. The molecule has 1 N–H and O–H groups in total. The Kier molecular flexibility index (Phi) is 3.10. The van der Waals surface area contributed by atoms with Gasteiger partial charge in [0.25, 0.3) is 0 Å². The summed E-state index contributed by atoms with van der Waals surface area (Å²) < 4.78 is 31.6. The minimum atomic E-state index is -3.59. The molecule has 0 atom stereocenters. The van der Waals surface area contributed by atoms with E-state index in [1.165, 1.54) is 22.5 Å². The van der Waals surface area contributed by atoms with E-state index in [9.17, 15) is 13.2 Å². The fourth-order valence-corrected chi connectivity index (χ4v) is 4.24. The Hall–Kier alpha value is -2.45. The molecule has 118 valence electrons. The van der Waals surface area contributed by atoms with Gasteiger partial charge in [0.2, 0.25) is 10.0 Å². The van der Waals surface area contributed by atoms with Crippen LogP contribution >= 0.6 is 0 Å². The SMILES string of the molecule is O=c1[nH]c2ccc(S(=O)(=O)N3CC(c4cccnc4)C3)cc2o1. The Balaban J connectivity index is 1.59. The highest BCUT2D eigenvalue weighted by Gasteiger charge is 2.37. The van der Waals surface area contributed by atoms with Crippen LogP contribution in [0.5, 0.6) is 0 Å². The van der Waals surface area contributed by atoms with Gasteiger partial charge in [-0.3, -0.25) is 9.97 Å². The van der Waals surface area contributed by atoms with Crippen molar-refractivity contribution in [3.8, 4) is 0 Å². The fraction of sp³-hybridized carbons (Fsp3) is 0.200. The van der Waals surface area contributed by atoms with E-state index in [-0.39, 0.29) is 16.4 Å². The van der Waals surface area contributed by atoms with E-state index in [0.717, 1.165) is 5.56 Å². The summed E-state index contributed by atoms with van der Waals surface area (Å²) in [5.41, 5.74) is 1.75. The lowest BCUT2D eigenvalue weighted by molar-refractivity contribution is 0.264. The molecular formula is C15H13N3O4S. The van der Waals surface area contributed by atoms with Gasteiger partial charge in [-0.05, 0) is 23.8 Å². The summed E-state index contributed by atoms with van der Waals surface area (Å²) in [6.45, 7) is 0.840. The largest absolute Gasteiger partial charge is 0.417 e. The number of nitrogens with zero attached hydrogens (tertiary/aromatic N) is 2. The zero-order chi connectivity index (χ0) is 16.0. The Morgan fingerprint density at radius 3 is 2.83 bits per heavy atom. The molecule has 1 aliphatic heterocycles. The van der Waals surface area contributed by atoms with Crippen molar-refractivity contribution in [1.82, 2.24) is 14.3 Å². The van der Waals surface area contributed by atoms with Crippen LogP contribution in [0.3, 0.4) is 0 Å². The average Bonchev–Trinajstić information content (AvgIpc) is 2.85. The van der Waals surface area contributed by atoms with Gasteiger partial charge in [0.15, 0.2) is 5.58 Å². The highest BCUT2D eigenvalue weighted by molar-refractivity contribution is 7.89. The van der Waals surface area contributed by atoms with E-state index in [1.807, 2.05) is 12.1 Å². The number of benzene rings is 1. The quantitative estimate of drug-likeness (QED) is 0.780. The van der Waals surface area contributed by atoms with Crippen LogP contribution in [-0.2, 0) is 10.0 Å². The monoisotopic (exact) mass is 331 g/mol. The second-order valence-electron chi connectivity index (χ2n) is 5.48. The average molecular weight is 331 g/mol. The molecule has 0 unspecified atom stereocenters. The van der Waals surface area contributed by atoms with E-state index in [1.54, 1.807) is 12.4 Å². The van der Waals surface area contributed by atoms with Crippen molar-refractivity contribution in [3.63, 3.8) is 0 Å². The smallest absolute Gasteiger partial charge is 0.408 e. The summed E-state index contributed by atoms with van der Waals surface area (Å²) in [7, 11) is -3.59. The zero-order valence-electron chi connectivity index (χ0n) is 12.0. The number of hydrogen-bond donors (Lipinski definition) is 1. The van der Waals surface area contributed by atoms with Crippen LogP contribution in [0.4, 0.5) is 0 Å². The lowest BCUT2D eigenvalue weighted by atomic mass is 9.95. The van der Waals surface area contributed by atoms with Crippen LogP contribution in [0.2, 0.25) is 0 Å². The van der Waals surface area contributed by atoms with Gasteiger partial charge in [-0.2, -0.15) is 4.31 Å². The van der Waals surface area contributed by atoms with Crippen LogP contribution in [0, 0.1) is 0 Å². The second kappa shape index (κ2) is 5.04. The first-order valence-corrected chi connectivity index (χ1v) is 8.51. The summed E-state index contributed by atoms with van der Waals surface area (Å²) in [4.78, 5) is 17.8. The van der Waals surface area contributed by atoms with Gasteiger partial charge < -0.3 is 4.42 Å². The number of oxazole rings is 1. The molecule has 3 aromatic rings. The van der Waals surface area contributed by atoms with Crippen molar-refractivity contribution in [2.24, 2.45) is 0 Å². The number of aromatic nitrogens is 2. The lowest BCUT2D eigenvalue weighted by Crippen LogP contribution is -2.48. The molecule has 7 nitrogen and oxygen atoms in total. The van der Waals surface area contributed by atoms with Gasteiger partial charge in [-0.25, -0.2) is 13.2 Å². The third-order valence-corrected chi connectivity index (χ3v) is 5.86. The van der Waals surface area contributed by atoms with Gasteiger partial charge >= 0.3 is 5.76 Å². The van der Waals surface area contributed by atoms with Crippen LogP contribution in [-0.4, -0.2) is 35.8 Å². The van der Waals surface area contributed by atoms with Gasteiger partial charge in [0.05, 0.1) is 10.4 Å². The highest BCUT2D eigenvalue weighted by Crippen LogP contribution is 2.32. The molecule has 0 amide bonds. The van der Waals surface area contributed by atoms with Crippen molar-refractivity contribution >= 4 is 21.1 Å². The zero-order valence-corrected chi connectivity index (χ0v) is 12.8. The van der Waals surface area contributed by atoms with E-state index >= 15 is 0 Å². The standard InChI is InChI=1S/C15H13N3O4S/c19-15-17-13-4-3-12(6-14(13)22-15)23(20,21)18-8-11(9-18)10-2-1-5-16-7-10/h1-7,11H,8-9H2,(H,17,19). The Morgan fingerprint density at radius 2 is 2.09 bits per heavy atom. The molecule has 8 heteroatoms. The Bertz CT molecular complexity index is 1020. The van der Waals surface area contributed by atoms with Gasteiger partial charge in [-0.1, -0.05) is 6.07 Å². The first kappa shape index (κ1) is 14.2. The van der Waals surface area contributed by atoms with Crippen LogP contribution in [0.25, 0.3) is 11.1 Å². The molecule has 0 saturated carbocycles. The normalized spacial score (nSPS) is 16.5. The van der Waals surface area contributed by atoms with Gasteiger partial charge in [0.1, 0.15) is 0 Å². The molecular weight excluding hydrogens is 318 g/mol. The molecule has 1 fully saturated rings. The number of aromatic amines is 1. The number of hydrogen-bond acceptors (Lipinski definition) is 5. The minimum Gasteiger partial charge on any atom is -0.408 e. The predicted octanol–water partition coefficient (Wildman–Crippen LogP) is 1.30. The molecule has 0 spiro atoms. The van der Waals surface area contributed by atoms with Gasteiger partial charge in [0, 0.05) is 37.5 Å². The maximum atomic E-state index is 12.6. The second-order valence-corrected chi connectivity index (χ2v) is 7.42. The van der Waals surface area contributed by atoms with Crippen LogP contribution < -0.4 is 5.76 Å². The summed E-state index contributed by atoms with van der Waals surface area (Å²) in [5, 5.41) is 0. The molecule has 1 aliphatic rings. The topological polar surface area (TPSA) is 96.3 Å². The predicted molar refractivity (Wildman–Crippen MR) is 82.6 cm³/mol. The first-order chi connectivity index (χ1) is 11.0. The maximum Gasteiger partial charge on any atom is 0.417 e. The third-order valence-electron chi connectivity index (χ3n) is 4.03. The van der Waals surface area contributed by atoms with E-state index < -0.39 is 15.8 Å². The van der Waals surface area contributed by atoms with Gasteiger partial charge in [-0.15, -0.1) is 0 Å². The molecule has 23 heavy (non-hydrogen) atoms. The molecule has 4 rings (SSSR count). The number of rotatable bonds is 3. The minimum absolute atomic E-state index is 0.123. The molecule has 0 aliphatic carbocycles. The molecule has 2 aromatic heterocycles. The van der Waals surface area contributed by atoms with Crippen LogP contribution in [0.1, 0.15) is 11.5 Å². The summed E-state index contributed by atoms with van der Waals surface area (Å²) in [6.07, 6.45) is 3.45. The van der Waals surface area contributed by atoms with E-state index in [0.29, 0.717) is 18.6 Å². The highest BCUT2D eigenvalue weighted by atomic mass is 32.2. The van der Waals surface area contributed by atoms with Crippen molar-refractivity contribution in [3.05, 3.63) is 58.8 Å². The molecule has 0 bridgehead atoms. The summed E-state index contributed by atoms with van der Waals surface area (Å²) >= 11 is 0. The van der Waals surface area contributed by atoms with Crippen molar-refractivity contribution < 1.29 is 12.8 Å². The summed E-state index contributed by atoms with van der Waals surface area (Å²) in [5.74, 6) is -0.442. The van der Waals surface area contributed by atoms with Crippen LogP contribution in [0.15, 0.2) is 56.8 Å². The molecule has 0 radical (unpaired) electrons. The van der Waals surface area contributed by atoms with Crippen molar-refractivity contribution in [2.75, 3.05) is 13.1 Å². The van der Waals surface area contributed by atoms with E-state index in [4.69, 9.17) is 4.42 Å². The first-order valence-electron chi connectivity index (χ1n) is 7.07. The molecule has 1 aromatic carbocycles. The number of nitrogens with one attached hydrogen (secondary N) is 1. The third kappa shape index (κ3) is 2.36. The summed E-state index contributed by atoms with van der Waals surface area (Å²) in [6, 6.07) is 8.17. The number of fused-ring (bicyclic) bond motifs is 1. The number of H-pyrrole nitrogens is 1. The number of sulfonamides is 1. The maximum absolute atomic E-state index is 12.6. The Morgan fingerprint density at radius 1 is 1.26 bits per heavy atom. The fourth-order valence-electron chi connectivity index (χ4n) is 2.70. The molecule has 3 heterocycles. The lowest BCUT2D eigenvalue weighted by Gasteiger charge is -2.38. The van der Waals surface area contributed by atoms with Crippen molar-refractivity contribution in [2.45, 2.75) is 10.8 Å². The number of pyridine rings is 1. The van der Waals surface area contributed by atoms with Crippen molar-refractivity contribution in [1.29, 1.82) is 0 Å². The van der Waals surface area contributed by atoms with E-state index in [2.05, 4.69) is 9.97 Å².